The fourth-order valence-electron chi connectivity index (χ4n) is 4.77. The Bertz CT molecular complexity index is 1560. The van der Waals surface area contributed by atoms with Crippen LogP contribution in [0, 0.1) is 5.92 Å². The highest BCUT2D eigenvalue weighted by Gasteiger charge is 2.31. The molecule has 0 unspecified atom stereocenters. The Kier molecular flexibility index (Phi) is 21.0. The van der Waals surface area contributed by atoms with E-state index in [9.17, 15) is 63.3 Å². The van der Waals surface area contributed by atoms with Crippen molar-refractivity contribution in [3.05, 3.63) is 35.9 Å². The second kappa shape index (κ2) is 24.4. The number of aliphatic hydroxyl groups is 1. The third-order valence-electron chi connectivity index (χ3n) is 8.38. The molecular weight excluding hydrogens is 740 g/mol. The summed E-state index contributed by atoms with van der Waals surface area (Å²) in [6.45, 7) is 4.62. The van der Waals surface area contributed by atoms with Crippen molar-refractivity contribution in [2.24, 2.45) is 11.7 Å². The number of rotatable bonds is 25. The van der Waals surface area contributed by atoms with E-state index >= 15 is 0 Å². The molecule has 8 atom stereocenters. The summed E-state index contributed by atoms with van der Waals surface area (Å²) in [7, 11) is 0. The summed E-state index contributed by atoms with van der Waals surface area (Å²) in [6.07, 6.45) is -2.39. The number of aliphatic hydroxyl groups excluding tert-OH is 1. The van der Waals surface area contributed by atoms with E-state index in [4.69, 9.17) is 5.73 Å². The van der Waals surface area contributed by atoms with E-state index < -0.39 is 128 Å². The lowest BCUT2D eigenvalue weighted by Crippen LogP contribution is -2.58. The zero-order chi connectivity index (χ0) is 42.5. The van der Waals surface area contributed by atoms with Crippen molar-refractivity contribution in [2.75, 3.05) is 13.1 Å². The van der Waals surface area contributed by atoms with Crippen LogP contribution in [0.3, 0.4) is 0 Å². The molecule has 1 aromatic carbocycles. The highest BCUT2D eigenvalue weighted by Crippen LogP contribution is 2.08. The topological polar surface area (TPSA) is 342 Å². The standard InChI is InChI=1S/C35H52N8O13/c1-5-18(2)30(36)35(56)38-16-27(47)40-24(14-29(50)51)32(53)37-15-26(46)39-19(3)31(52)41-22(11-12-28(48)49)33(54)42-23(13-21-9-7-6-8-10-21)34(55)43-25(17-44)20(4)45/h6-10,17-20,22-25,30,45H,5,11-16,36H2,1-4H3,(H,37,53)(H,38,56)(H,39,46)(H,40,47)(H,41,52)(H,42,54)(H,43,55)(H,48,49)(H,50,51)/t18-,19-,20+,22-,23-,24-,25+,30-/m0/s1. The predicted molar refractivity (Wildman–Crippen MR) is 196 cm³/mol. The van der Waals surface area contributed by atoms with E-state index in [2.05, 4.69) is 37.2 Å². The van der Waals surface area contributed by atoms with Gasteiger partial charge in [0.2, 0.25) is 41.4 Å². The summed E-state index contributed by atoms with van der Waals surface area (Å²) >= 11 is 0. The molecule has 0 bridgehead atoms. The Morgan fingerprint density at radius 3 is 1.79 bits per heavy atom. The number of aldehydes is 1. The van der Waals surface area contributed by atoms with E-state index in [0.717, 1.165) is 0 Å². The van der Waals surface area contributed by atoms with E-state index in [-0.39, 0.29) is 12.3 Å². The molecule has 0 saturated carbocycles. The number of benzene rings is 1. The van der Waals surface area contributed by atoms with Gasteiger partial charge in [0, 0.05) is 12.8 Å². The molecule has 0 fully saturated rings. The molecule has 0 heterocycles. The molecule has 1 aromatic rings. The van der Waals surface area contributed by atoms with E-state index in [1.165, 1.54) is 13.8 Å². The number of carbonyl (C=O) groups is 10. The molecule has 0 spiro atoms. The van der Waals surface area contributed by atoms with Crippen LogP contribution in [0.1, 0.15) is 58.9 Å². The highest BCUT2D eigenvalue weighted by molar-refractivity contribution is 5.97. The quantitative estimate of drug-likeness (QED) is 0.0423. The maximum Gasteiger partial charge on any atom is 0.305 e. The monoisotopic (exact) mass is 792 g/mol. The van der Waals surface area contributed by atoms with E-state index in [1.54, 1.807) is 37.3 Å². The minimum Gasteiger partial charge on any atom is -0.481 e. The van der Waals surface area contributed by atoms with Crippen molar-refractivity contribution >= 4 is 59.6 Å². The van der Waals surface area contributed by atoms with E-state index in [1.807, 2.05) is 6.92 Å². The smallest absolute Gasteiger partial charge is 0.305 e. The van der Waals surface area contributed by atoms with Crippen LogP contribution in [0.15, 0.2) is 30.3 Å². The van der Waals surface area contributed by atoms with Gasteiger partial charge in [0.25, 0.3) is 0 Å². The van der Waals surface area contributed by atoms with Gasteiger partial charge in [-0.25, -0.2) is 0 Å². The van der Waals surface area contributed by atoms with Crippen molar-refractivity contribution in [2.45, 2.75) is 102 Å². The average Bonchev–Trinajstić information content (AvgIpc) is 3.14. The van der Waals surface area contributed by atoms with Crippen LogP contribution >= 0.6 is 0 Å². The number of aliphatic carboxylic acids is 2. The molecule has 0 aliphatic rings. The van der Waals surface area contributed by atoms with Crippen LogP contribution in [0.25, 0.3) is 0 Å². The minimum atomic E-state index is -1.66. The molecule has 12 N–H and O–H groups in total. The third kappa shape index (κ3) is 17.9. The lowest BCUT2D eigenvalue weighted by molar-refractivity contribution is -0.141. The van der Waals surface area contributed by atoms with Gasteiger partial charge in [-0.05, 0) is 31.7 Å². The van der Waals surface area contributed by atoms with Gasteiger partial charge in [0.15, 0.2) is 0 Å². The first-order valence-corrected chi connectivity index (χ1v) is 17.7. The molecule has 0 aliphatic heterocycles. The van der Waals surface area contributed by atoms with Crippen molar-refractivity contribution in [3.8, 4) is 0 Å². The third-order valence-corrected chi connectivity index (χ3v) is 8.38. The molecule has 7 amide bonds. The van der Waals surface area contributed by atoms with Crippen LogP contribution < -0.4 is 43.0 Å². The van der Waals surface area contributed by atoms with Crippen molar-refractivity contribution < 1.29 is 63.3 Å². The first-order valence-electron chi connectivity index (χ1n) is 17.7. The van der Waals surface area contributed by atoms with Crippen LogP contribution in [0.2, 0.25) is 0 Å². The SMILES string of the molecule is CC[C@H](C)[C@H](N)C(=O)NCC(=O)N[C@@H](CC(=O)O)C(=O)NCC(=O)N[C@@H](C)C(=O)N[C@@H](CCC(=O)O)C(=O)N[C@@H](Cc1ccccc1)C(=O)N[C@H](C=O)[C@@H](C)O. The van der Waals surface area contributed by atoms with Crippen molar-refractivity contribution in [3.63, 3.8) is 0 Å². The molecule has 56 heavy (non-hydrogen) atoms. The Hall–Kier alpha value is -5.96. The summed E-state index contributed by atoms with van der Waals surface area (Å²) in [5.41, 5.74) is 6.40. The van der Waals surface area contributed by atoms with Gasteiger partial charge in [-0.2, -0.15) is 0 Å². The van der Waals surface area contributed by atoms with Crippen LogP contribution in [-0.4, -0.2) is 130 Å². The number of hydrogen-bond donors (Lipinski definition) is 11. The fourth-order valence-corrected chi connectivity index (χ4v) is 4.77. The van der Waals surface area contributed by atoms with Crippen LogP contribution in [0.5, 0.6) is 0 Å². The molecule has 21 nitrogen and oxygen atoms in total. The minimum absolute atomic E-state index is 0.0950. The molecule has 310 valence electrons. The number of carboxylic acids is 2. The fraction of sp³-hybridized carbons (Fsp3) is 0.543. The summed E-state index contributed by atoms with van der Waals surface area (Å²) in [4.78, 5) is 124. The van der Waals surface area contributed by atoms with Crippen LogP contribution in [0.4, 0.5) is 0 Å². The lowest BCUT2D eigenvalue weighted by Gasteiger charge is -2.25. The van der Waals surface area contributed by atoms with Gasteiger partial charge in [0.05, 0.1) is 31.7 Å². The number of carboxylic acid groups (broad SMARTS) is 2. The highest BCUT2D eigenvalue weighted by atomic mass is 16.4. The second-order valence-electron chi connectivity index (χ2n) is 13.0. The number of carbonyl (C=O) groups excluding carboxylic acids is 8. The number of nitrogens with one attached hydrogen (secondary N) is 7. The van der Waals surface area contributed by atoms with Gasteiger partial charge < -0.3 is 63.1 Å². The first-order chi connectivity index (χ1) is 26.3. The number of nitrogens with two attached hydrogens (primary N) is 1. The average molecular weight is 793 g/mol. The van der Waals surface area contributed by atoms with Gasteiger partial charge >= 0.3 is 11.9 Å². The summed E-state index contributed by atoms with van der Waals surface area (Å²) in [6, 6.07) is 0.226. The second-order valence-corrected chi connectivity index (χ2v) is 13.0. The zero-order valence-corrected chi connectivity index (χ0v) is 31.5. The lowest BCUT2D eigenvalue weighted by atomic mass is 9.99. The maximum absolute atomic E-state index is 13.4. The maximum atomic E-state index is 13.4. The Morgan fingerprint density at radius 1 is 0.696 bits per heavy atom. The van der Waals surface area contributed by atoms with E-state index in [0.29, 0.717) is 18.3 Å². The van der Waals surface area contributed by atoms with Gasteiger partial charge in [-0.15, -0.1) is 0 Å². The van der Waals surface area contributed by atoms with Gasteiger partial charge in [-0.3, -0.25) is 43.2 Å². The molecule has 0 aromatic heterocycles. The molecule has 0 radical (unpaired) electrons. The van der Waals surface area contributed by atoms with Crippen molar-refractivity contribution in [1.82, 2.24) is 37.2 Å². The Morgan fingerprint density at radius 2 is 1.25 bits per heavy atom. The van der Waals surface area contributed by atoms with Gasteiger partial charge in [-0.1, -0.05) is 50.6 Å². The molecule has 0 aliphatic carbocycles. The largest absolute Gasteiger partial charge is 0.481 e. The first kappa shape index (κ1) is 48.1. The predicted octanol–water partition coefficient (Wildman–Crippen LogP) is -3.80. The summed E-state index contributed by atoms with van der Waals surface area (Å²) in [5, 5.41) is 44.2. The van der Waals surface area contributed by atoms with Gasteiger partial charge in [0.1, 0.15) is 36.5 Å². The molecule has 0 saturated heterocycles. The Labute approximate surface area is 322 Å². The molecule has 21 heteroatoms. The molecular formula is C35H52N8O13. The Balaban J connectivity index is 2.95. The number of hydrogen-bond acceptors (Lipinski definition) is 12. The molecule has 1 rings (SSSR count). The zero-order valence-electron chi connectivity index (χ0n) is 31.5. The van der Waals surface area contributed by atoms with Crippen LogP contribution in [-0.2, 0) is 54.4 Å². The number of amides is 7. The summed E-state index contributed by atoms with van der Waals surface area (Å²) < 4.78 is 0. The summed E-state index contributed by atoms with van der Waals surface area (Å²) in [5.74, 6) is -9.36. The van der Waals surface area contributed by atoms with Crippen molar-refractivity contribution in [1.29, 1.82) is 0 Å². The normalized spacial score (nSPS) is 15.0.